The third-order valence-electron chi connectivity index (χ3n) is 0.266. The minimum atomic E-state index is -5.31. The minimum absolute atomic E-state index is 0. The third-order valence-corrected chi connectivity index (χ3v) is 2.40. The van der Waals surface area contributed by atoms with Gasteiger partial charge in [-0.1, -0.05) is 0 Å². The standard InChI is InChI=1S/Mo.H2O6S2.H3O4P.H2O/c;1-7(2,3)8(4,5)6;1-5(2,3)4;/h;(H,1,2,3)(H,4,5,6);(H3,1,2,3,4);1H2. The van der Waals surface area contributed by atoms with Crippen LogP contribution in [0.4, 0.5) is 0 Å². The van der Waals surface area contributed by atoms with Crippen molar-refractivity contribution in [2.45, 2.75) is 0 Å². The van der Waals surface area contributed by atoms with Crippen LogP contribution in [0.25, 0.3) is 0 Å². The van der Waals surface area contributed by atoms with Gasteiger partial charge >= 0.3 is 26.1 Å². The van der Waals surface area contributed by atoms with Crippen molar-refractivity contribution in [1.82, 2.24) is 0 Å². The number of hydrogen-bond donors (Lipinski definition) is 5. The van der Waals surface area contributed by atoms with E-state index in [0.29, 0.717) is 0 Å². The van der Waals surface area contributed by atoms with Crippen molar-refractivity contribution in [1.29, 1.82) is 0 Å². The molecule has 7 N–H and O–H groups in total. The Morgan fingerprint density at radius 2 is 0.867 bits per heavy atom. The number of hydrogen-bond acceptors (Lipinski definition) is 5. The molecule has 15 heavy (non-hydrogen) atoms. The summed E-state index contributed by atoms with van der Waals surface area (Å²) in [5.41, 5.74) is 0. The van der Waals surface area contributed by atoms with E-state index in [4.69, 9.17) is 28.4 Å². The third kappa shape index (κ3) is 25.1. The molecule has 0 saturated carbocycles. The van der Waals surface area contributed by atoms with Gasteiger partial charge in [0, 0.05) is 21.1 Å². The summed E-state index contributed by atoms with van der Waals surface area (Å²) in [5, 5.41) is 0. The second kappa shape index (κ2) is 7.79. The Labute approximate surface area is 97.8 Å². The predicted octanol–water partition coefficient (Wildman–Crippen LogP) is -3.08. The molecular formula is H7MoO11PS2. The van der Waals surface area contributed by atoms with Crippen molar-refractivity contribution in [3.05, 3.63) is 0 Å². The van der Waals surface area contributed by atoms with E-state index in [1.54, 1.807) is 0 Å². The second-order valence-corrected chi connectivity index (χ2v) is 6.63. The Morgan fingerprint density at radius 1 is 0.800 bits per heavy atom. The van der Waals surface area contributed by atoms with Crippen molar-refractivity contribution in [3.8, 4) is 0 Å². The molecule has 11 nitrogen and oxygen atoms in total. The summed E-state index contributed by atoms with van der Waals surface area (Å²) in [6, 6.07) is 0. The van der Waals surface area contributed by atoms with Crippen LogP contribution in [-0.2, 0) is 43.9 Å². The van der Waals surface area contributed by atoms with Crippen molar-refractivity contribution in [2.75, 3.05) is 0 Å². The molecule has 0 heterocycles. The summed E-state index contributed by atoms with van der Waals surface area (Å²) in [6.07, 6.45) is 0. The van der Waals surface area contributed by atoms with Gasteiger partial charge in [0.2, 0.25) is 0 Å². The second-order valence-electron chi connectivity index (χ2n) is 1.37. The summed E-state index contributed by atoms with van der Waals surface area (Å²) < 4.78 is 61.3. The van der Waals surface area contributed by atoms with Crippen molar-refractivity contribution in [3.63, 3.8) is 0 Å². The maximum atomic E-state index is 9.37. The first-order chi connectivity index (χ1) is 5.25. The van der Waals surface area contributed by atoms with Crippen molar-refractivity contribution >= 4 is 26.1 Å². The van der Waals surface area contributed by atoms with Gasteiger partial charge in [-0.25, -0.2) is 4.57 Å². The molecule has 0 fully saturated rings. The van der Waals surface area contributed by atoms with E-state index in [9.17, 15) is 16.8 Å². The van der Waals surface area contributed by atoms with Crippen LogP contribution in [0.15, 0.2) is 0 Å². The van der Waals surface area contributed by atoms with E-state index < -0.39 is 26.1 Å². The molecule has 15 heteroatoms. The number of phosphoric acid groups is 1. The van der Waals surface area contributed by atoms with Crippen LogP contribution >= 0.6 is 7.82 Å². The summed E-state index contributed by atoms with van der Waals surface area (Å²) in [6.45, 7) is 0. The fraction of sp³-hybridized carbons (Fsp3) is 0. The molecular weight excluding hydrogens is 367 g/mol. The zero-order valence-electron chi connectivity index (χ0n) is 6.45. The van der Waals surface area contributed by atoms with Crippen LogP contribution in [-0.4, -0.2) is 46.1 Å². The Bertz CT molecular complexity index is 342. The van der Waals surface area contributed by atoms with E-state index >= 15 is 0 Å². The van der Waals surface area contributed by atoms with Gasteiger partial charge in [0.15, 0.2) is 0 Å². The van der Waals surface area contributed by atoms with Gasteiger partial charge in [0.25, 0.3) is 0 Å². The molecule has 0 aromatic rings. The Kier molecular flexibility index (Phi) is 12.8. The normalized spacial score (nSPS) is 11.3. The molecule has 0 radical (unpaired) electrons. The van der Waals surface area contributed by atoms with Crippen molar-refractivity contribution < 1.29 is 71.7 Å². The molecule has 0 bridgehead atoms. The fourth-order valence-electron chi connectivity index (χ4n) is 0. The van der Waals surface area contributed by atoms with Gasteiger partial charge in [-0.05, 0) is 0 Å². The Morgan fingerprint density at radius 3 is 0.867 bits per heavy atom. The van der Waals surface area contributed by atoms with Gasteiger partial charge in [-0.3, -0.25) is 9.11 Å². The largest absolute Gasteiger partial charge is 0.466 e. The summed E-state index contributed by atoms with van der Waals surface area (Å²) in [5.74, 6) is 0. The van der Waals surface area contributed by atoms with Gasteiger partial charge in [0.05, 0.1) is 0 Å². The Hall–Kier alpha value is 0.578. The molecule has 0 amide bonds. The zero-order valence-corrected chi connectivity index (χ0v) is 11.0. The average molecular weight is 374 g/mol. The molecule has 0 unspecified atom stereocenters. The molecule has 0 aromatic heterocycles. The minimum Gasteiger partial charge on any atom is -0.412 e. The molecule has 0 saturated heterocycles. The van der Waals surface area contributed by atoms with E-state index in [1.807, 2.05) is 0 Å². The molecule has 0 aliphatic heterocycles. The van der Waals surface area contributed by atoms with Gasteiger partial charge in [-0.2, -0.15) is 16.8 Å². The Balaban J connectivity index is -0.0000000770. The monoisotopic (exact) mass is 376 g/mol. The quantitative estimate of drug-likeness (QED) is 0.135. The molecule has 0 spiro atoms. The predicted molar refractivity (Wildman–Crippen MR) is 41.0 cm³/mol. The van der Waals surface area contributed by atoms with E-state index in [-0.39, 0.29) is 26.5 Å². The fourth-order valence-corrected chi connectivity index (χ4v) is 0. The first-order valence-electron chi connectivity index (χ1n) is 1.98. The molecule has 0 aromatic carbocycles. The maximum absolute atomic E-state index is 9.37. The summed E-state index contributed by atoms with van der Waals surface area (Å²) in [4.78, 5) is 21.6. The molecule has 0 aliphatic rings. The van der Waals surface area contributed by atoms with Gasteiger partial charge in [-0.15, -0.1) is 0 Å². The SMILES string of the molecule is O.O=P(O)(O)O.O=S(=O)(O)S(=O)(=O)O.[Mo]. The maximum Gasteiger partial charge on any atom is 0.466 e. The molecule has 0 rings (SSSR count). The van der Waals surface area contributed by atoms with Crippen LogP contribution in [0.2, 0.25) is 0 Å². The molecule has 0 aliphatic carbocycles. The van der Waals surface area contributed by atoms with Gasteiger partial charge in [0.1, 0.15) is 0 Å². The molecule has 0 atom stereocenters. The summed E-state index contributed by atoms with van der Waals surface area (Å²) in [7, 11) is -15.3. The van der Waals surface area contributed by atoms with Crippen LogP contribution in [0.3, 0.4) is 0 Å². The first kappa shape index (κ1) is 24.7. The smallest absolute Gasteiger partial charge is 0.412 e. The first-order valence-corrected chi connectivity index (χ1v) is 6.94. The van der Waals surface area contributed by atoms with E-state index in [1.165, 1.54) is 0 Å². The van der Waals surface area contributed by atoms with Gasteiger partial charge < -0.3 is 20.2 Å². The van der Waals surface area contributed by atoms with Crippen LogP contribution < -0.4 is 0 Å². The molecule has 96 valence electrons. The number of rotatable bonds is 1. The van der Waals surface area contributed by atoms with Crippen LogP contribution in [0.5, 0.6) is 0 Å². The summed E-state index contributed by atoms with van der Waals surface area (Å²) >= 11 is 0. The topological polar surface area (TPSA) is 218 Å². The van der Waals surface area contributed by atoms with Crippen LogP contribution in [0, 0.1) is 0 Å². The van der Waals surface area contributed by atoms with E-state index in [0.717, 1.165) is 0 Å². The van der Waals surface area contributed by atoms with Crippen LogP contribution in [0.1, 0.15) is 0 Å². The van der Waals surface area contributed by atoms with Crippen molar-refractivity contribution in [2.24, 2.45) is 0 Å². The average Bonchev–Trinajstić information content (AvgIpc) is 1.50. The zero-order chi connectivity index (χ0) is 11.5. The van der Waals surface area contributed by atoms with E-state index in [2.05, 4.69) is 0 Å².